The normalized spacial score (nSPS) is 32.5. The summed E-state index contributed by atoms with van der Waals surface area (Å²) in [6, 6.07) is 1.61. The summed E-state index contributed by atoms with van der Waals surface area (Å²) in [5, 5.41) is 4.17. The van der Waals surface area contributed by atoms with Gasteiger partial charge in [0.2, 0.25) is 0 Å². The lowest BCUT2D eigenvalue weighted by atomic mass is 9.71. The number of unbranched alkanes of at least 4 members (excludes halogenated alkanes) is 10. The second-order valence-corrected chi connectivity index (χ2v) is 12.1. The summed E-state index contributed by atoms with van der Waals surface area (Å²) in [4.78, 5) is 0. The maximum atomic E-state index is 6.23. The van der Waals surface area contributed by atoms with Crippen molar-refractivity contribution < 1.29 is 4.74 Å². The Bertz CT molecular complexity index is 472. The molecule has 33 heavy (non-hydrogen) atoms. The van der Waals surface area contributed by atoms with Crippen molar-refractivity contribution in [2.24, 2.45) is 17.8 Å². The topological polar surface area (TPSA) is 21.3 Å². The van der Waals surface area contributed by atoms with Gasteiger partial charge in [-0.15, -0.1) is 0 Å². The Labute approximate surface area is 207 Å². The quantitative estimate of drug-likeness (QED) is 0.231. The SMILES string of the molecule is CCCCCCCCCCCC1CCC(C2CCC3CC(OCCCCC)CCC3N2)CC1. The molecule has 0 aromatic rings. The highest BCUT2D eigenvalue weighted by Gasteiger charge is 2.38. The van der Waals surface area contributed by atoms with Crippen LogP contribution in [0.3, 0.4) is 0 Å². The van der Waals surface area contributed by atoms with Gasteiger partial charge in [-0.1, -0.05) is 104 Å². The summed E-state index contributed by atoms with van der Waals surface area (Å²) >= 11 is 0. The summed E-state index contributed by atoms with van der Waals surface area (Å²) in [6.45, 7) is 5.58. The molecule has 0 spiro atoms. The molecule has 3 rings (SSSR count). The minimum Gasteiger partial charge on any atom is -0.378 e. The predicted molar refractivity (Wildman–Crippen MR) is 144 cm³/mol. The largest absolute Gasteiger partial charge is 0.378 e. The van der Waals surface area contributed by atoms with E-state index in [9.17, 15) is 0 Å². The van der Waals surface area contributed by atoms with Crippen LogP contribution in [-0.4, -0.2) is 24.8 Å². The zero-order valence-corrected chi connectivity index (χ0v) is 22.6. The van der Waals surface area contributed by atoms with Crippen molar-refractivity contribution in [3.8, 4) is 0 Å². The van der Waals surface area contributed by atoms with E-state index in [2.05, 4.69) is 19.2 Å². The van der Waals surface area contributed by atoms with E-state index in [4.69, 9.17) is 4.74 Å². The first kappa shape index (κ1) is 27.5. The van der Waals surface area contributed by atoms with Gasteiger partial charge in [-0.25, -0.2) is 0 Å². The fraction of sp³-hybridized carbons (Fsp3) is 1.00. The first-order valence-electron chi connectivity index (χ1n) is 15.7. The Kier molecular flexibility index (Phi) is 13.8. The fourth-order valence-corrected chi connectivity index (χ4v) is 7.26. The third-order valence-electron chi connectivity index (χ3n) is 9.49. The molecule has 4 unspecified atom stereocenters. The Hall–Kier alpha value is -0.0800. The summed E-state index contributed by atoms with van der Waals surface area (Å²) in [5.74, 6) is 2.89. The van der Waals surface area contributed by atoms with Gasteiger partial charge in [0.05, 0.1) is 6.10 Å². The molecule has 1 heterocycles. The van der Waals surface area contributed by atoms with E-state index < -0.39 is 0 Å². The zero-order chi connectivity index (χ0) is 23.1. The molecule has 1 N–H and O–H groups in total. The van der Waals surface area contributed by atoms with Crippen molar-refractivity contribution >= 4 is 0 Å². The molecule has 3 aliphatic rings. The molecule has 0 aromatic heterocycles. The van der Waals surface area contributed by atoms with Gasteiger partial charge in [-0.3, -0.25) is 0 Å². The maximum Gasteiger partial charge on any atom is 0.0579 e. The van der Waals surface area contributed by atoms with Crippen molar-refractivity contribution in [1.29, 1.82) is 0 Å². The van der Waals surface area contributed by atoms with Gasteiger partial charge >= 0.3 is 0 Å². The van der Waals surface area contributed by atoms with Crippen LogP contribution in [0.15, 0.2) is 0 Å². The summed E-state index contributed by atoms with van der Waals surface area (Å²) < 4.78 is 6.23. The molecule has 1 aliphatic heterocycles. The molecule has 4 atom stereocenters. The van der Waals surface area contributed by atoms with Crippen LogP contribution in [-0.2, 0) is 4.74 Å². The molecule has 2 aliphatic carbocycles. The Balaban J connectivity index is 1.21. The van der Waals surface area contributed by atoms with Gasteiger partial charge in [0.15, 0.2) is 0 Å². The smallest absolute Gasteiger partial charge is 0.0579 e. The maximum absolute atomic E-state index is 6.23. The van der Waals surface area contributed by atoms with E-state index in [0.29, 0.717) is 6.10 Å². The number of hydrogen-bond donors (Lipinski definition) is 1. The lowest BCUT2D eigenvalue weighted by molar-refractivity contribution is -0.0115. The molecule has 0 amide bonds. The third-order valence-corrected chi connectivity index (χ3v) is 9.49. The lowest BCUT2D eigenvalue weighted by Gasteiger charge is -2.46. The summed E-state index contributed by atoms with van der Waals surface area (Å²) in [6.07, 6.45) is 32.0. The van der Waals surface area contributed by atoms with Crippen LogP contribution in [0.5, 0.6) is 0 Å². The van der Waals surface area contributed by atoms with Crippen LogP contribution in [0.2, 0.25) is 0 Å². The number of piperidine rings is 1. The molecule has 0 bridgehead atoms. The zero-order valence-electron chi connectivity index (χ0n) is 22.6. The number of nitrogens with one attached hydrogen (secondary N) is 1. The van der Waals surface area contributed by atoms with Crippen molar-refractivity contribution in [1.82, 2.24) is 5.32 Å². The molecule has 2 nitrogen and oxygen atoms in total. The molecule has 0 radical (unpaired) electrons. The van der Waals surface area contributed by atoms with Gasteiger partial charge in [0, 0.05) is 18.7 Å². The van der Waals surface area contributed by atoms with Crippen LogP contribution in [0.4, 0.5) is 0 Å². The highest BCUT2D eigenvalue weighted by atomic mass is 16.5. The van der Waals surface area contributed by atoms with Gasteiger partial charge < -0.3 is 10.1 Å². The van der Waals surface area contributed by atoms with E-state index in [-0.39, 0.29) is 0 Å². The Morgan fingerprint density at radius 3 is 1.88 bits per heavy atom. The molecule has 2 heteroatoms. The second-order valence-electron chi connectivity index (χ2n) is 12.1. The first-order valence-corrected chi connectivity index (χ1v) is 15.7. The van der Waals surface area contributed by atoms with E-state index >= 15 is 0 Å². The minimum atomic E-state index is 0.554. The van der Waals surface area contributed by atoms with Gasteiger partial charge in [0.25, 0.3) is 0 Å². The summed E-state index contributed by atoms with van der Waals surface area (Å²) in [7, 11) is 0. The number of hydrogen-bond acceptors (Lipinski definition) is 2. The average Bonchev–Trinajstić information content (AvgIpc) is 2.85. The molecule has 3 fully saturated rings. The van der Waals surface area contributed by atoms with E-state index in [1.807, 2.05) is 0 Å². The molecule has 194 valence electrons. The number of rotatable bonds is 16. The minimum absolute atomic E-state index is 0.554. The third kappa shape index (κ3) is 10.2. The fourth-order valence-electron chi connectivity index (χ4n) is 7.26. The van der Waals surface area contributed by atoms with Crippen molar-refractivity contribution in [3.63, 3.8) is 0 Å². The van der Waals surface area contributed by atoms with Crippen LogP contribution in [0.25, 0.3) is 0 Å². The van der Waals surface area contributed by atoms with Gasteiger partial charge in [-0.05, 0) is 69.1 Å². The van der Waals surface area contributed by atoms with Crippen molar-refractivity contribution in [3.05, 3.63) is 0 Å². The van der Waals surface area contributed by atoms with Crippen LogP contribution in [0.1, 0.15) is 155 Å². The Morgan fingerprint density at radius 1 is 0.576 bits per heavy atom. The van der Waals surface area contributed by atoms with Crippen molar-refractivity contribution in [2.45, 2.75) is 173 Å². The highest BCUT2D eigenvalue weighted by molar-refractivity contribution is 4.95. The number of ether oxygens (including phenoxy) is 1. The van der Waals surface area contributed by atoms with Crippen LogP contribution in [0, 0.1) is 17.8 Å². The molecular weight excluding hydrogens is 402 g/mol. The second kappa shape index (κ2) is 16.6. The molecule has 0 aromatic carbocycles. The predicted octanol–water partition coefficient (Wildman–Crippen LogP) is 9.21. The van der Waals surface area contributed by atoms with Gasteiger partial charge in [0.1, 0.15) is 0 Å². The van der Waals surface area contributed by atoms with Crippen LogP contribution >= 0.6 is 0 Å². The van der Waals surface area contributed by atoms with Gasteiger partial charge in [-0.2, -0.15) is 0 Å². The van der Waals surface area contributed by atoms with Crippen LogP contribution < -0.4 is 5.32 Å². The molecule has 1 saturated heterocycles. The van der Waals surface area contributed by atoms with E-state index in [1.165, 1.54) is 141 Å². The monoisotopic (exact) mass is 461 g/mol. The Morgan fingerprint density at radius 2 is 1.15 bits per heavy atom. The molecular formula is C31H59NO. The molecule has 2 saturated carbocycles. The highest BCUT2D eigenvalue weighted by Crippen LogP contribution is 2.40. The lowest BCUT2D eigenvalue weighted by Crippen LogP contribution is -2.53. The summed E-state index contributed by atoms with van der Waals surface area (Å²) in [5.41, 5.74) is 0. The number of fused-ring (bicyclic) bond motifs is 1. The average molecular weight is 462 g/mol. The standard InChI is InChI=1S/C31H59NO/c1-3-5-7-8-9-10-11-12-13-15-26-16-18-27(19-17-26)30-22-20-28-25-29(21-23-31(28)32-30)33-24-14-6-4-2/h26-32H,3-25H2,1-2H3. The van der Waals surface area contributed by atoms with Crippen molar-refractivity contribution in [2.75, 3.05) is 6.61 Å². The van der Waals surface area contributed by atoms with E-state index in [0.717, 1.165) is 36.4 Å². The first-order chi connectivity index (χ1) is 16.3. The van der Waals surface area contributed by atoms with E-state index in [1.54, 1.807) is 0 Å².